The van der Waals surface area contributed by atoms with Crippen LogP contribution in [0.15, 0.2) is 29.8 Å². The van der Waals surface area contributed by atoms with Crippen LogP contribution in [-0.4, -0.2) is 4.98 Å². The van der Waals surface area contributed by atoms with Gasteiger partial charge in [-0.25, -0.2) is 0 Å². The first-order valence-corrected chi connectivity index (χ1v) is 4.44. The Hall–Kier alpha value is -1.02. The zero-order valence-electron chi connectivity index (χ0n) is 6.29. The molecule has 56 valence electrons. The smallest absolute Gasteiger partial charge is 0.0360 e. The fourth-order valence-electron chi connectivity index (χ4n) is 1.15. The summed E-state index contributed by atoms with van der Waals surface area (Å²) in [6, 6.07) is 6.33. The van der Waals surface area contributed by atoms with Crippen LogP contribution in [0.2, 0.25) is 0 Å². The predicted molar refractivity (Wildman–Crippen MR) is 48.8 cm³/mol. The number of hydrogen-bond donors (Lipinski definition) is 1. The molecule has 2 heterocycles. The highest BCUT2D eigenvalue weighted by molar-refractivity contribution is 7.13. The lowest BCUT2D eigenvalue weighted by Gasteiger charge is -1.92. The summed E-state index contributed by atoms with van der Waals surface area (Å²) >= 11 is 1.77. The third-order valence-electron chi connectivity index (χ3n) is 1.74. The zero-order valence-corrected chi connectivity index (χ0v) is 7.11. The summed E-state index contributed by atoms with van der Waals surface area (Å²) < 4.78 is 0. The molecule has 0 saturated carbocycles. The molecule has 1 nitrogen and oxygen atoms in total. The van der Waals surface area contributed by atoms with E-state index in [4.69, 9.17) is 0 Å². The SMILES string of the molecule is Cc1[nH]ccc1-c1cccs1. The van der Waals surface area contributed by atoms with Crippen molar-refractivity contribution in [3.8, 4) is 10.4 Å². The van der Waals surface area contributed by atoms with E-state index >= 15 is 0 Å². The fraction of sp³-hybridized carbons (Fsp3) is 0.111. The molecule has 0 amide bonds. The van der Waals surface area contributed by atoms with E-state index in [0.29, 0.717) is 0 Å². The van der Waals surface area contributed by atoms with Crippen LogP contribution in [0.25, 0.3) is 10.4 Å². The van der Waals surface area contributed by atoms with Gasteiger partial charge in [0.05, 0.1) is 0 Å². The van der Waals surface area contributed by atoms with Crippen molar-refractivity contribution in [2.45, 2.75) is 6.92 Å². The third kappa shape index (κ3) is 1.10. The number of H-pyrrole nitrogens is 1. The largest absolute Gasteiger partial charge is 0.365 e. The van der Waals surface area contributed by atoms with Gasteiger partial charge >= 0.3 is 0 Å². The van der Waals surface area contributed by atoms with Crippen LogP contribution >= 0.6 is 11.3 Å². The van der Waals surface area contributed by atoms with Crippen LogP contribution in [0, 0.1) is 6.92 Å². The molecule has 2 heteroatoms. The normalized spacial score (nSPS) is 10.3. The maximum absolute atomic E-state index is 3.16. The van der Waals surface area contributed by atoms with Crippen molar-refractivity contribution in [1.82, 2.24) is 4.98 Å². The van der Waals surface area contributed by atoms with E-state index in [1.807, 2.05) is 6.20 Å². The maximum Gasteiger partial charge on any atom is 0.0360 e. The molecule has 0 saturated heterocycles. The molecule has 0 aliphatic carbocycles. The highest BCUT2D eigenvalue weighted by atomic mass is 32.1. The van der Waals surface area contributed by atoms with E-state index in [1.165, 1.54) is 16.1 Å². The van der Waals surface area contributed by atoms with Crippen molar-refractivity contribution in [3.05, 3.63) is 35.5 Å². The Kier molecular flexibility index (Phi) is 1.55. The maximum atomic E-state index is 3.16. The van der Waals surface area contributed by atoms with Crippen molar-refractivity contribution in [2.75, 3.05) is 0 Å². The molecule has 0 aliphatic rings. The minimum absolute atomic E-state index is 1.24. The predicted octanol–water partition coefficient (Wildman–Crippen LogP) is 3.05. The molecule has 0 unspecified atom stereocenters. The van der Waals surface area contributed by atoms with Crippen LogP contribution in [0.4, 0.5) is 0 Å². The molecule has 0 radical (unpaired) electrons. The van der Waals surface area contributed by atoms with E-state index in [1.54, 1.807) is 11.3 Å². The van der Waals surface area contributed by atoms with E-state index in [2.05, 4.69) is 35.5 Å². The molecule has 2 rings (SSSR count). The Labute approximate surface area is 69.7 Å². The Bertz CT molecular complexity index is 332. The van der Waals surface area contributed by atoms with Crippen LogP contribution in [0.3, 0.4) is 0 Å². The molecular formula is C9H9NS. The van der Waals surface area contributed by atoms with Crippen LogP contribution < -0.4 is 0 Å². The quantitative estimate of drug-likeness (QED) is 0.665. The lowest BCUT2D eigenvalue weighted by Crippen LogP contribution is -1.71. The molecule has 0 atom stereocenters. The average Bonchev–Trinajstić information content (AvgIpc) is 2.55. The summed E-state index contributed by atoms with van der Waals surface area (Å²) in [5.74, 6) is 0. The van der Waals surface area contributed by atoms with Crippen molar-refractivity contribution in [3.63, 3.8) is 0 Å². The van der Waals surface area contributed by atoms with Crippen molar-refractivity contribution < 1.29 is 0 Å². The van der Waals surface area contributed by atoms with Gasteiger partial charge in [-0.1, -0.05) is 6.07 Å². The molecule has 1 N–H and O–H groups in total. The number of aryl methyl sites for hydroxylation is 1. The monoisotopic (exact) mass is 163 g/mol. The Morgan fingerprint density at radius 1 is 1.36 bits per heavy atom. The van der Waals surface area contributed by atoms with Crippen molar-refractivity contribution in [2.24, 2.45) is 0 Å². The van der Waals surface area contributed by atoms with E-state index in [9.17, 15) is 0 Å². The Morgan fingerprint density at radius 3 is 2.82 bits per heavy atom. The van der Waals surface area contributed by atoms with E-state index in [0.717, 1.165) is 0 Å². The first kappa shape index (κ1) is 6.68. The minimum Gasteiger partial charge on any atom is -0.365 e. The lowest BCUT2D eigenvalue weighted by molar-refractivity contribution is 1.27. The fourth-order valence-corrected chi connectivity index (χ4v) is 1.96. The number of nitrogens with one attached hydrogen (secondary N) is 1. The molecule has 2 aromatic rings. The van der Waals surface area contributed by atoms with Gasteiger partial charge in [-0.05, 0) is 24.4 Å². The minimum atomic E-state index is 1.24. The van der Waals surface area contributed by atoms with E-state index < -0.39 is 0 Å². The van der Waals surface area contributed by atoms with Gasteiger partial charge in [0, 0.05) is 22.3 Å². The van der Waals surface area contributed by atoms with Crippen molar-refractivity contribution >= 4 is 11.3 Å². The number of hydrogen-bond acceptors (Lipinski definition) is 1. The highest BCUT2D eigenvalue weighted by Gasteiger charge is 2.01. The molecule has 2 aromatic heterocycles. The molecule has 0 spiro atoms. The Morgan fingerprint density at radius 2 is 2.27 bits per heavy atom. The van der Waals surface area contributed by atoms with Gasteiger partial charge in [0.15, 0.2) is 0 Å². The molecule has 0 aliphatic heterocycles. The summed E-state index contributed by atoms with van der Waals surface area (Å²) in [7, 11) is 0. The first-order chi connectivity index (χ1) is 5.38. The average molecular weight is 163 g/mol. The second-order valence-electron chi connectivity index (χ2n) is 2.49. The number of aromatic nitrogens is 1. The summed E-state index contributed by atoms with van der Waals surface area (Å²) in [4.78, 5) is 4.50. The third-order valence-corrected chi connectivity index (χ3v) is 2.64. The van der Waals surface area contributed by atoms with Gasteiger partial charge in [-0.3, -0.25) is 0 Å². The van der Waals surface area contributed by atoms with Gasteiger partial charge in [0.25, 0.3) is 0 Å². The second-order valence-corrected chi connectivity index (χ2v) is 3.44. The summed E-state index contributed by atoms with van der Waals surface area (Å²) in [5, 5.41) is 2.10. The number of aromatic amines is 1. The molecular weight excluding hydrogens is 154 g/mol. The first-order valence-electron chi connectivity index (χ1n) is 3.56. The summed E-state index contributed by atoms with van der Waals surface area (Å²) in [5.41, 5.74) is 2.56. The summed E-state index contributed by atoms with van der Waals surface area (Å²) in [6.45, 7) is 2.09. The summed E-state index contributed by atoms with van der Waals surface area (Å²) in [6.07, 6.45) is 1.98. The van der Waals surface area contributed by atoms with Crippen LogP contribution in [-0.2, 0) is 0 Å². The molecule has 0 aromatic carbocycles. The van der Waals surface area contributed by atoms with E-state index in [-0.39, 0.29) is 0 Å². The molecule has 0 fully saturated rings. The second kappa shape index (κ2) is 2.55. The van der Waals surface area contributed by atoms with Crippen LogP contribution in [0.1, 0.15) is 5.69 Å². The van der Waals surface area contributed by atoms with Gasteiger partial charge in [0.2, 0.25) is 0 Å². The highest BCUT2D eigenvalue weighted by Crippen LogP contribution is 2.26. The van der Waals surface area contributed by atoms with Crippen LogP contribution in [0.5, 0.6) is 0 Å². The zero-order chi connectivity index (χ0) is 7.68. The van der Waals surface area contributed by atoms with Crippen molar-refractivity contribution in [1.29, 1.82) is 0 Å². The van der Waals surface area contributed by atoms with Gasteiger partial charge in [0.1, 0.15) is 0 Å². The van der Waals surface area contributed by atoms with Gasteiger partial charge < -0.3 is 4.98 Å². The lowest BCUT2D eigenvalue weighted by atomic mass is 10.2. The number of rotatable bonds is 1. The topological polar surface area (TPSA) is 15.8 Å². The van der Waals surface area contributed by atoms with Gasteiger partial charge in [-0.2, -0.15) is 0 Å². The Balaban J connectivity index is 2.53. The number of thiophene rings is 1. The molecule has 0 bridgehead atoms. The van der Waals surface area contributed by atoms with Gasteiger partial charge in [-0.15, -0.1) is 11.3 Å². The molecule has 11 heavy (non-hydrogen) atoms. The standard InChI is InChI=1S/C9H9NS/c1-7-8(4-5-10-7)9-3-2-6-11-9/h2-6,10H,1H3.